The molecule has 4 rings (SSSR count). The van der Waals surface area contributed by atoms with E-state index >= 15 is 0 Å². The molecule has 0 radical (unpaired) electrons. The molecule has 40 heavy (non-hydrogen) atoms. The monoisotopic (exact) mass is 560 g/mol. The smallest absolute Gasteiger partial charge is 0.410 e. The van der Waals surface area contributed by atoms with Crippen molar-refractivity contribution in [3.63, 3.8) is 0 Å². The van der Waals surface area contributed by atoms with E-state index in [2.05, 4.69) is 39.5 Å². The summed E-state index contributed by atoms with van der Waals surface area (Å²) in [4.78, 5) is 37.8. The van der Waals surface area contributed by atoms with Crippen molar-refractivity contribution in [2.75, 3.05) is 43.4 Å². The lowest BCUT2D eigenvalue weighted by atomic mass is 10.1. The molecule has 2 aliphatic rings. The third-order valence-corrected chi connectivity index (χ3v) is 7.21. The molecule has 2 aliphatic heterocycles. The molecule has 0 bridgehead atoms. The first kappa shape index (κ1) is 29.6. The van der Waals surface area contributed by atoms with Crippen LogP contribution in [0.15, 0.2) is 6.20 Å². The Morgan fingerprint density at radius 3 is 2.42 bits per heavy atom. The average Bonchev–Trinajstić information content (AvgIpc) is 3.54. The largest absolute Gasteiger partial charge is 0.444 e. The standard InChI is InChI=1S/C27H44N8O5/c1-7-18(16-36)29-23-31-22-21(17(2)3)14-28-35(22)24(32-23)30-19-8-11-33(12-9-19)25(37)39-20-10-13-34(15-20)26(38)40-27(4,5)6/h14,17-20,36H,7-13,15-16H2,1-6H3,(H2,29,30,31,32)/t18-,20+/m1/s1. The van der Waals surface area contributed by atoms with Crippen LogP contribution in [0.5, 0.6) is 0 Å². The summed E-state index contributed by atoms with van der Waals surface area (Å²) in [7, 11) is 0. The van der Waals surface area contributed by atoms with Crippen LogP contribution in [0.25, 0.3) is 5.65 Å². The van der Waals surface area contributed by atoms with E-state index in [1.165, 1.54) is 0 Å². The van der Waals surface area contributed by atoms with E-state index in [1.54, 1.807) is 14.3 Å². The second-order valence-electron chi connectivity index (χ2n) is 11.9. The van der Waals surface area contributed by atoms with Crippen LogP contribution in [0.2, 0.25) is 0 Å². The zero-order chi connectivity index (χ0) is 29.0. The van der Waals surface area contributed by atoms with Crippen LogP contribution < -0.4 is 10.6 Å². The van der Waals surface area contributed by atoms with Gasteiger partial charge in [0.05, 0.1) is 25.4 Å². The Bertz CT molecular complexity index is 1170. The van der Waals surface area contributed by atoms with Crippen molar-refractivity contribution < 1.29 is 24.2 Å². The quantitative estimate of drug-likeness (QED) is 0.439. The fourth-order valence-electron chi connectivity index (χ4n) is 4.84. The van der Waals surface area contributed by atoms with Crippen molar-refractivity contribution in [3.8, 4) is 0 Å². The van der Waals surface area contributed by atoms with Crippen molar-refractivity contribution in [3.05, 3.63) is 11.8 Å². The van der Waals surface area contributed by atoms with Gasteiger partial charge in [-0.25, -0.2) is 9.59 Å². The van der Waals surface area contributed by atoms with Crippen LogP contribution >= 0.6 is 0 Å². The van der Waals surface area contributed by atoms with Crippen LogP contribution in [0, 0.1) is 0 Å². The van der Waals surface area contributed by atoms with E-state index < -0.39 is 5.60 Å². The van der Waals surface area contributed by atoms with Crippen LogP contribution in [0.1, 0.15) is 78.7 Å². The number of hydrogen-bond acceptors (Lipinski definition) is 10. The summed E-state index contributed by atoms with van der Waals surface area (Å²) >= 11 is 0. The Morgan fingerprint density at radius 2 is 1.80 bits per heavy atom. The van der Waals surface area contributed by atoms with Crippen molar-refractivity contribution in [1.82, 2.24) is 29.4 Å². The fourth-order valence-corrected chi connectivity index (χ4v) is 4.84. The highest BCUT2D eigenvalue weighted by Crippen LogP contribution is 2.25. The number of nitrogens with one attached hydrogen (secondary N) is 2. The number of aromatic nitrogens is 4. The molecule has 13 nitrogen and oxygen atoms in total. The van der Waals surface area contributed by atoms with Gasteiger partial charge in [0.15, 0.2) is 5.65 Å². The predicted molar refractivity (Wildman–Crippen MR) is 151 cm³/mol. The second kappa shape index (κ2) is 12.4. The molecule has 2 aromatic heterocycles. The zero-order valence-corrected chi connectivity index (χ0v) is 24.5. The predicted octanol–water partition coefficient (Wildman–Crippen LogP) is 3.45. The molecule has 0 aromatic carbocycles. The number of aliphatic hydroxyl groups excluding tert-OH is 1. The molecule has 2 saturated heterocycles. The number of ether oxygens (including phenoxy) is 2. The first-order valence-corrected chi connectivity index (χ1v) is 14.3. The lowest BCUT2D eigenvalue weighted by Gasteiger charge is -2.32. The van der Waals surface area contributed by atoms with Crippen molar-refractivity contribution in [2.24, 2.45) is 0 Å². The highest BCUT2D eigenvalue weighted by Gasteiger charge is 2.34. The highest BCUT2D eigenvalue weighted by atomic mass is 16.6. The molecular formula is C27H44N8O5. The Hall–Kier alpha value is -3.35. The minimum Gasteiger partial charge on any atom is -0.444 e. The van der Waals surface area contributed by atoms with Gasteiger partial charge in [0.2, 0.25) is 11.9 Å². The van der Waals surface area contributed by atoms with Crippen molar-refractivity contribution in [1.29, 1.82) is 0 Å². The lowest BCUT2D eigenvalue weighted by Crippen LogP contribution is -2.44. The van der Waals surface area contributed by atoms with E-state index in [0.29, 0.717) is 57.3 Å². The molecule has 0 aliphatic carbocycles. The van der Waals surface area contributed by atoms with Gasteiger partial charge in [0.1, 0.15) is 11.7 Å². The van der Waals surface area contributed by atoms with Crippen LogP contribution in [0.4, 0.5) is 21.5 Å². The van der Waals surface area contributed by atoms with E-state index in [0.717, 1.165) is 17.6 Å². The van der Waals surface area contributed by atoms with E-state index in [-0.39, 0.29) is 42.9 Å². The van der Waals surface area contributed by atoms with Gasteiger partial charge in [-0.05, 0) is 46.0 Å². The molecule has 222 valence electrons. The molecule has 3 N–H and O–H groups in total. The number of nitrogens with zero attached hydrogens (tertiary/aromatic N) is 6. The topological polar surface area (TPSA) is 146 Å². The number of fused-ring (bicyclic) bond motifs is 1. The molecule has 2 aromatic rings. The van der Waals surface area contributed by atoms with Gasteiger partial charge in [-0.2, -0.15) is 19.6 Å². The Kier molecular flexibility index (Phi) is 9.22. The summed E-state index contributed by atoms with van der Waals surface area (Å²) in [6, 6.07) is -0.0679. The summed E-state index contributed by atoms with van der Waals surface area (Å²) in [5.41, 5.74) is 1.17. The van der Waals surface area contributed by atoms with Crippen molar-refractivity contribution in [2.45, 2.75) is 96.9 Å². The van der Waals surface area contributed by atoms with Gasteiger partial charge >= 0.3 is 12.2 Å². The molecule has 4 heterocycles. The number of aliphatic hydroxyl groups is 1. The van der Waals surface area contributed by atoms with Crippen molar-refractivity contribution >= 4 is 29.7 Å². The van der Waals surface area contributed by atoms with E-state index in [1.807, 2.05) is 33.9 Å². The van der Waals surface area contributed by atoms with Gasteiger partial charge in [0.25, 0.3) is 0 Å². The molecule has 0 unspecified atom stereocenters. The number of carbonyl (C=O) groups excluding carboxylic acids is 2. The molecular weight excluding hydrogens is 516 g/mol. The molecule has 2 atom stereocenters. The van der Waals surface area contributed by atoms with E-state index in [9.17, 15) is 14.7 Å². The first-order chi connectivity index (χ1) is 19.0. The van der Waals surface area contributed by atoms with Crippen LogP contribution in [0.3, 0.4) is 0 Å². The summed E-state index contributed by atoms with van der Waals surface area (Å²) in [6.07, 6.45) is 3.51. The summed E-state index contributed by atoms with van der Waals surface area (Å²) in [5, 5.41) is 20.9. The summed E-state index contributed by atoms with van der Waals surface area (Å²) in [6.45, 7) is 13.6. The molecule has 0 spiro atoms. The van der Waals surface area contributed by atoms with Gasteiger partial charge in [-0.15, -0.1) is 0 Å². The first-order valence-electron chi connectivity index (χ1n) is 14.3. The number of amides is 2. The lowest BCUT2D eigenvalue weighted by molar-refractivity contribution is 0.0235. The third-order valence-electron chi connectivity index (χ3n) is 7.21. The molecule has 13 heteroatoms. The number of hydrogen-bond donors (Lipinski definition) is 3. The normalized spacial score (nSPS) is 19.2. The fraction of sp³-hybridized carbons (Fsp3) is 0.741. The Labute approximate surface area is 235 Å². The number of piperidine rings is 1. The number of likely N-dealkylation sites (tertiary alicyclic amines) is 2. The van der Waals surface area contributed by atoms with E-state index in [4.69, 9.17) is 9.47 Å². The Balaban J connectivity index is 1.34. The van der Waals surface area contributed by atoms with Crippen LogP contribution in [-0.2, 0) is 9.47 Å². The SMILES string of the molecule is CC[C@H](CO)Nc1nc(NC2CCN(C(=O)O[C@H]3CCN(C(=O)OC(C)(C)C)C3)CC2)n2ncc(C(C)C)c2n1. The van der Waals surface area contributed by atoms with Gasteiger partial charge < -0.3 is 35.0 Å². The molecule has 2 fully saturated rings. The second-order valence-corrected chi connectivity index (χ2v) is 11.9. The van der Waals surface area contributed by atoms with Gasteiger partial charge in [-0.3, -0.25) is 0 Å². The summed E-state index contributed by atoms with van der Waals surface area (Å²) in [5.74, 6) is 1.25. The van der Waals surface area contributed by atoms with Crippen LogP contribution in [-0.4, -0.2) is 103 Å². The summed E-state index contributed by atoms with van der Waals surface area (Å²) < 4.78 is 12.9. The maximum atomic E-state index is 12.9. The molecule has 2 amide bonds. The zero-order valence-electron chi connectivity index (χ0n) is 24.5. The number of carbonyl (C=O) groups is 2. The number of rotatable bonds is 8. The van der Waals surface area contributed by atoms with Gasteiger partial charge in [-0.1, -0.05) is 20.8 Å². The Morgan fingerprint density at radius 1 is 1.10 bits per heavy atom. The van der Waals surface area contributed by atoms with Gasteiger partial charge in [0, 0.05) is 37.7 Å². The highest BCUT2D eigenvalue weighted by molar-refractivity contribution is 5.70. The maximum Gasteiger partial charge on any atom is 0.410 e. The number of anilines is 2. The maximum absolute atomic E-state index is 12.9. The minimum absolute atomic E-state index is 0.0153. The molecule has 0 saturated carbocycles. The average molecular weight is 561 g/mol. The minimum atomic E-state index is -0.564. The third kappa shape index (κ3) is 7.23.